The minimum absolute atomic E-state index is 0.0497. The number of hydrogen-bond acceptors (Lipinski definition) is 3. The molecule has 0 aliphatic carbocycles. The molecule has 0 unspecified atom stereocenters. The van der Waals surface area contributed by atoms with E-state index >= 15 is 0 Å². The molecule has 7 heteroatoms. The Morgan fingerprint density at radius 3 is 2.58 bits per heavy atom. The molecular formula is C17H15F3N2O2. The molecule has 1 fully saturated rings. The van der Waals surface area contributed by atoms with Crippen LogP contribution in [-0.4, -0.2) is 35.0 Å². The average Bonchev–Trinajstić information content (AvgIpc) is 2.51. The lowest BCUT2D eigenvalue weighted by Crippen LogP contribution is -2.56. The Morgan fingerprint density at radius 1 is 1.21 bits per heavy atom. The number of ether oxygens (including phenoxy) is 1. The smallest absolute Gasteiger partial charge is 0.416 e. The van der Waals surface area contributed by atoms with Crippen molar-refractivity contribution in [3.05, 3.63) is 59.9 Å². The maximum absolute atomic E-state index is 12.7. The number of nitrogens with zero attached hydrogens (tertiary/aromatic N) is 2. The van der Waals surface area contributed by atoms with Crippen LogP contribution in [0.15, 0.2) is 48.8 Å². The third-order valence-corrected chi connectivity index (χ3v) is 3.76. The minimum Gasteiger partial charge on any atom is -0.487 e. The first-order valence-electron chi connectivity index (χ1n) is 7.42. The van der Waals surface area contributed by atoms with Gasteiger partial charge in [0.25, 0.3) is 0 Å². The molecule has 24 heavy (non-hydrogen) atoms. The monoisotopic (exact) mass is 336 g/mol. The van der Waals surface area contributed by atoms with Crippen LogP contribution in [-0.2, 0) is 17.4 Å². The van der Waals surface area contributed by atoms with Gasteiger partial charge in [-0.15, -0.1) is 0 Å². The molecule has 1 saturated heterocycles. The molecular weight excluding hydrogens is 321 g/mol. The maximum Gasteiger partial charge on any atom is 0.416 e. The summed E-state index contributed by atoms with van der Waals surface area (Å²) in [6, 6.07) is 8.31. The topological polar surface area (TPSA) is 42.4 Å². The van der Waals surface area contributed by atoms with Crippen molar-refractivity contribution < 1.29 is 22.7 Å². The van der Waals surface area contributed by atoms with E-state index in [0.29, 0.717) is 24.4 Å². The summed E-state index contributed by atoms with van der Waals surface area (Å²) in [5, 5.41) is 0. The number of hydrogen-bond donors (Lipinski definition) is 0. The van der Waals surface area contributed by atoms with E-state index in [4.69, 9.17) is 4.74 Å². The van der Waals surface area contributed by atoms with Gasteiger partial charge in [0, 0.05) is 12.4 Å². The van der Waals surface area contributed by atoms with Gasteiger partial charge in [0.15, 0.2) is 0 Å². The van der Waals surface area contributed by atoms with E-state index in [-0.39, 0.29) is 18.4 Å². The number of benzene rings is 1. The molecule has 2 aromatic rings. The van der Waals surface area contributed by atoms with E-state index in [1.54, 1.807) is 29.4 Å². The van der Waals surface area contributed by atoms with Gasteiger partial charge in [0.2, 0.25) is 5.91 Å². The van der Waals surface area contributed by atoms with Crippen molar-refractivity contribution in [3.63, 3.8) is 0 Å². The molecule has 1 aliphatic heterocycles. The summed E-state index contributed by atoms with van der Waals surface area (Å²) >= 11 is 0. The molecule has 1 amide bonds. The molecule has 1 aromatic carbocycles. The van der Waals surface area contributed by atoms with Crippen LogP contribution < -0.4 is 4.74 Å². The number of halogens is 3. The van der Waals surface area contributed by atoms with Crippen LogP contribution in [0.2, 0.25) is 0 Å². The zero-order chi connectivity index (χ0) is 17.2. The summed E-state index contributed by atoms with van der Waals surface area (Å²) in [5.74, 6) is 0.476. The second-order valence-corrected chi connectivity index (χ2v) is 5.60. The third kappa shape index (κ3) is 3.84. The van der Waals surface area contributed by atoms with E-state index in [1.165, 1.54) is 12.1 Å². The SMILES string of the molecule is O=C(Cc1cccc(C(F)(F)F)c1)N1CC(Oc2ccncc2)C1. The molecule has 0 N–H and O–H groups in total. The van der Waals surface area contributed by atoms with Crippen LogP contribution in [0, 0.1) is 0 Å². The summed E-state index contributed by atoms with van der Waals surface area (Å²) in [6.07, 6.45) is -1.32. The molecule has 2 heterocycles. The largest absolute Gasteiger partial charge is 0.487 e. The first kappa shape index (κ1) is 16.3. The van der Waals surface area contributed by atoms with Crippen molar-refractivity contribution in [2.45, 2.75) is 18.7 Å². The Kier molecular flexibility index (Phi) is 4.42. The first-order chi connectivity index (χ1) is 11.4. The second kappa shape index (κ2) is 6.51. The van der Waals surface area contributed by atoms with E-state index < -0.39 is 11.7 Å². The highest BCUT2D eigenvalue weighted by molar-refractivity contribution is 5.79. The molecule has 126 valence electrons. The van der Waals surface area contributed by atoms with Crippen molar-refractivity contribution in [3.8, 4) is 5.75 Å². The summed E-state index contributed by atoms with van der Waals surface area (Å²) in [4.78, 5) is 17.6. The number of likely N-dealkylation sites (tertiary alicyclic amines) is 1. The van der Waals surface area contributed by atoms with Crippen molar-refractivity contribution in [2.75, 3.05) is 13.1 Å². The number of aromatic nitrogens is 1. The number of amides is 1. The molecule has 0 atom stereocenters. The quantitative estimate of drug-likeness (QED) is 0.862. The maximum atomic E-state index is 12.7. The van der Waals surface area contributed by atoms with Gasteiger partial charge in [0.1, 0.15) is 11.9 Å². The van der Waals surface area contributed by atoms with Gasteiger partial charge in [-0.05, 0) is 23.8 Å². The lowest BCUT2D eigenvalue weighted by Gasteiger charge is -2.39. The molecule has 0 saturated carbocycles. The van der Waals surface area contributed by atoms with Crippen LogP contribution in [0.1, 0.15) is 11.1 Å². The van der Waals surface area contributed by atoms with Crippen LogP contribution in [0.25, 0.3) is 0 Å². The van der Waals surface area contributed by atoms with Crippen LogP contribution in [0.5, 0.6) is 5.75 Å². The molecule has 1 aliphatic rings. The third-order valence-electron chi connectivity index (χ3n) is 3.76. The lowest BCUT2D eigenvalue weighted by atomic mass is 10.1. The van der Waals surface area contributed by atoms with Gasteiger partial charge in [0.05, 0.1) is 25.1 Å². The van der Waals surface area contributed by atoms with Gasteiger partial charge in [-0.3, -0.25) is 9.78 Å². The molecule has 1 aromatic heterocycles. The summed E-state index contributed by atoms with van der Waals surface area (Å²) < 4.78 is 43.7. The van der Waals surface area contributed by atoms with Crippen LogP contribution >= 0.6 is 0 Å². The fourth-order valence-electron chi connectivity index (χ4n) is 2.47. The van der Waals surface area contributed by atoms with Crippen LogP contribution in [0.4, 0.5) is 13.2 Å². The van der Waals surface area contributed by atoms with Crippen molar-refractivity contribution in [2.24, 2.45) is 0 Å². The average molecular weight is 336 g/mol. The zero-order valence-corrected chi connectivity index (χ0v) is 12.7. The minimum atomic E-state index is -4.40. The molecule has 0 spiro atoms. The highest BCUT2D eigenvalue weighted by atomic mass is 19.4. The molecule has 3 rings (SSSR count). The highest BCUT2D eigenvalue weighted by Crippen LogP contribution is 2.29. The normalized spacial score (nSPS) is 15.0. The van der Waals surface area contributed by atoms with E-state index in [0.717, 1.165) is 12.1 Å². The van der Waals surface area contributed by atoms with E-state index in [1.807, 2.05) is 0 Å². The predicted molar refractivity (Wildman–Crippen MR) is 80.4 cm³/mol. The molecule has 4 nitrogen and oxygen atoms in total. The Hall–Kier alpha value is -2.57. The fourth-order valence-corrected chi connectivity index (χ4v) is 2.47. The van der Waals surface area contributed by atoms with E-state index in [2.05, 4.69) is 4.98 Å². The standard InChI is InChI=1S/C17H15F3N2O2/c18-17(19,20)13-3-1-2-12(8-13)9-16(23)22-10-15(11-22)24-14-4-6-21-7-5-14/h1-8,15H,9-11H2. The number of pyridine rings is 1. The summed E-state index contributed by atoms with van der Waals surface area (Å²) in [5.41, 5.74) is -0.386. The lowest BCUT2D eigenvalue weighted by molar-refractivity contribution is -0.140. The Labute approximate surface area is 136 Å². The Morgan fingerprint density at radius 2 is 1.92 bits per heavy atom. The number of alkyl halides is 3. The Balaban J connectivity index is 1.52. The van der Waals surface area contributed by atoms with Gasteiger partial charge in [-0.1, -0.05) is 18.2 Å². The first-order valence-corrected chi connectivity index (χ1v) is 7.42. The molecule has 0 bridgehead atoms. The van der Waals surface area contributed by atoms with Gasteiger partial charge in [-0.2, -0.15) is 13.2 Å². The number of carbonyl (C=O) groups is 1. The highest BCUT2D eigenvalue weighted by Gasteiger charge is 2.33. The number of carbonyl (C=O) groups excluding carboxylic acids is 1. The van der Waals surface area contributed by atoms with Crippen molar-refractivity contribution in [1.29, 1.82) is 0 Å². The molecule has 0 radical (unpaired) electrons. The summed E-state index contributed by atoms with van der Waals surface area (Å²) in [7, 11) is 0. The summed E-state index contributed by atoms with van der Waals surface area (Å²) in [6.45, 7) is 0.861. The van der Waals surface area contributed by atoms with Gasteiger partial charge < -0.3 is 9.64 Å². The zero-order valence-electron chi connectivity index (χ0n) is 12.7. The van der Waals surface area contributed by atoms with Gasteiger partial charge in [-0.25, -0.2) is 0 Å². The fraction of sp³-hybridized carbons (Fsp3) is 0.294. The second-order valence-electron chi connectivity index (χ2n) is 5.60. The van der Waals surface area contributed by atoms with Crippen molar-refractivity contribution in [1.82, 2.24) is 9.88 Å². The van der Waals surface area contributed by atoms with Gasteiger partial charge >= 0.3 is 6.18 Å². The van der Waals surface area contributed by atoms with E-state index in [9.17, 15) is 18.0 Å². The predicted octanol–water partition coefficient (Wildman–Crippen LogP) is 2.93. The van der Waals surface area contributed by atoms with Crippen molar-refractivity contribution >= 4 is 5.91 Å². The Bertz CT molecular complexity index is 713. The van der Waals surface area contributed by atoms with Crippen LogP contribution in [0.3, 0.4) is 0 Å². The number of rotatable bonds is 4.